The number of alkyl halides is 1. The number of carbonyl (C=O) groups is 2. The van der Waals surface area contributed by atoms with Crippen LogP contribution in [0.5, 0.6) is 5.75 Å². The van der Waals surface area contributed by atoms with Crippen LogP contribution in [0.4, 0.5) is 0 Å². The lowest BCUT2D eigenvalue weighted by Gasteiger charge is -2.13. The number of carboxylic acid groups (broad SMARTS) is 1. The maximum Gasteiger partial charge on any atom is 0.337 e. The Morgan fingerprint density at radius 2 is 2.05 bits per heavy atom. The number of Topliss-reactive ketones (excluding diaryl/α,β-unsaturated/α-hetero) is 1. The summed E-state index contributed by atoms with van der Waals surface area (Å²) in [5, 5.41) is 17.5. The molecule has 1 rings (SSSR count). The van der Waals surface area contributed by atoms with E-state index in [1.54, 1.807) is 6.92 Å². The van der Waals surface area contributed by atoms with E-state index in [1.807, 2.05) is 0 Å². The third-order valence-corrected chi connectivity index (χ3v) is 2.68. The zero-order chi connectivity index (χ0) is 14.6. The number of hydrogen-bond acceptors (Lipinski definition) is 4. The molecule has 0 aliphatic rings. The predicted molar refractivity (Wildman–Crippen MR) is 69.9 cm³/mol. The zero-order valence-corrected chi connectivity index (χ0v) is 11.3. The van der Waals surface area contributed by atoms with Crippen LogP contribution in [0.3, 0.4) is 0 Å². The van der Waals surface area contributed by atoms with E-state index >= 15 is 0 Å². The van der Waals surface area contributed by atoms with Crippen LogP contribution < -0.4 is 4.74 Å². The van der Waals surface area contributed by atoms with Gasteiger partial charge in [-0.25, -0.2) is 4.79 Å². The fraction of sp³-hybridized carbons (Fsp3) is 0.385. The van der Waals surface area contributed by atoms with Crippen molar-refractivity contribution in [1.82, 2.24) is 0 Å². The zero-order valence-electron chi connectivity index (χ0n) is 10.6. The highest BCUT2D eigenvalue weighted by molar-refractivity contribution is 6.34. The number of carboxylic acids is 1. The molecular formula is C13H15ClO5. The van der Waals surface area contributed by atoms with Crippen molar-refractivity contribution < 1.29 is 24.5 Å². The first-order chi connectivity index (χ1) is 8.88. The summed E-state index contributed by atoms with van der Waals surface area (Å²) in [4.78, 5) is 22.7. The Hall–Kier alpha value is -1.59. The Morgan fingerprint density at radius 3 is 2.53 bits per heavy atom. The molecule has 1 aromatic rings. The highest BCUT2D eigenvalue weighted by atomic mass is 35.5. The first-order valence-corrected chi connectivity index (χ1v) is 6.18. The van der Waals surface area contributed by atoms with Crippen LogP contribution in [0.2, 0.25) is 0 Å². The summed E-state index contributed by atoms with van der Waals surface area (Å²) < 4.78 is 5.29. The maximum atomic E-state index is 11.9. The SMILES string of the molecule is CCOc1ccc(C(O)C(=O)O)cc1C(=O)C(C)Cl. The van der Waals surface area contributed by atoms with E-state index in [2.05, 4.69) is 0 Å². The quantitative estimate of drug-likeness (QED) is 0.617. The average Bonchev–Trinajstić information content (AvgIpc) is 2.37. The molecule has 104 valence electrons. The number of rotatable bonds is 6. The molecule has 0 fully saturated rings. The van der Waals surface area contributed by atoms with Crippen molar-refractivity contribution in [2.75, 3.05) is 6.61 Å². The summed E-state index contributed by atoms with van der Waals surface area (Å²) >= 11 is 5.75. The van der Waals surface area contributed by atoms with Crippen LogP contribution in [-0.4, -0.2) is 33.9 Å². The molecule has 0 radical (unpaired) electrons. The summed E-state index contributed by atoms with van der Waals surface area (Å²) in [7, 11) is 0. The summed E-state index contributed by atoms with van der Waals surface area (Å²) in [5.74, 6) is -1.45. The van der Waals surface area contributed by atoms with Crippen LogP contribution in [0.1, 0.15) is 35.9 Å². The second-order valence-electron chi connectivity index (χ2n) is 3.91. The third kappa shape index (κ3) is 3.68. The fourth-order valence-corrected chi connectivity index (χ4v) is 1.67. The second-order valence-corrected chi connectivity index (χ2v) is 4.56. The minimum Gasteiger partial charge on any atom is -0.493 e. The van der Waals surface area contributed by atoms with Crippen molar-refractivity contribution in [3.8, 4) is 5.75 Å². The molecule has 0 heterocycles. The Balaban J connectivity index is 3.25. The van der Waals surface area contributed by atoms with Crippen LogP contribution in [0.25, 0.3) is 0 Å². The molecule has 0 amide bonds. The van der Waals surface area contributed by atoms with Gasteiger partial charge in [-0.1, -0.05) is 6.07 Å². The van der Waals surface area contributed by atoms with Gasteiger partial charge in [-0.2, -0.15) is 0 Å². The molecule has 0 aromatic heterocycles. The standard InChI is InChI=1S/C13H15ClO5/c1-3-19-10-5-4-8(12(16)13(17)18)6-9(10)11(15)7(2)14/h4-7,12,16H,3H2,1-2H3,(H,17,18). The van der Waals surface area contributed by atoms with Crippen molar-refractivity contribution in [3.05, 3.63) is 29.3 Å². The molecule has 0 saturated heterocycles. The number of benzene rings is 1. The van der Waals surface area contributed by atoms with E-state index in [4.69, 9.17) is 21.4 Å². The van der Waals surface area contributed by atoms with Crippen molar-refractivity contribution in [3.63, 3.8) is 0 Å². The van der Waals surface area contributed by atoms with Gasteiger partial charge < -0.3 is 14.9 Å². The number of hydrogen-bond donors (Lipinski definition) is 2. The predicted octanol–water partition coefficient (Wildman–Crippen LogP) is 2.01. The van der Waals surface area contributed by atoms with Crippen molar-refractivity contribution >= 4 is 23.4 Å². The average molecular weight is 287 g/mol. The van der Waals surface area contributed by atoms with E-state index < -0.39 is 17.5 Å². The van der Waals surface area contributed by atoms with Gasteiger partial charge in [0.25, 0.3) is 0 Å². The lowest BCUT2D eigenvalue weighted by Crippen LogP contribution is -2.15. The van der Waals surface area contributed by atoms with E-state index in [0.717, 1.165) is 0 Å². The second kappa shape index (κ2) is 6.54. The molecule has 6 heteroatoms. The normalized spacial score (nSPS) is 13.7. The van der Waals surface area contributed by atoms with Gasteiger partial charge in [0, 0.05) is 0 Å². The highest BCUT2D eigenvalue weighted by Crippen LogP contribution is 2.26. The van der Waals surface area contributed by atoms with Crippen LogP contribution >= 0.6 is 11.6 Å². The first-order valence-electron chi connectivity index (χ1n) is 5.74. The molecule has 1 aromatic carbocycles. The van der Waals surface area contributed by atoms with Gasteiger partial charge in [-0.3, -0.25) is 4.79 Å². The molecule has 2 N–H and O–H groups in total. The van der Waals surface area contributed by atoms with E-state index in [1.165, 1.54) is 25.1 Å². The summed E-state index contributed by atoms with van der Waals surface area (Å²) in [6.07, 6.45) is -1.69. The largest absolute Gasteiger partial charge is 0.493 e. The van der Waals surface area contributed by atoms with Crippen molar-refractivity contribution in [2.45, 2.75) is 25.3 Å². The Labute approximate surface area is 115 Å². The molecule has 19 heavy (non-hydrogen) atoms. The maximum absolute atomic E-state index is 11.9. The van der Waals surface area contributed by atoms with Crippen LogP contribution in [-0.2, 0) is 4.79 Å². The van der Waals surface area contributed by atoms with Crippen LogP contribution in [0.15, 0.2) is 18.2 Å². The smallest absolute Gasteiger partial charge is 0.337 e. The van der Waals surface area contributed by atoms with Gasteiger partial charge in [-0.05, 0) is 31.5 Å². The Bertz CT molecular complexity index is 484. The monoisotopic (exact) mass is 286 g/mol. The summed E-state index contributed by atoms with van der Waals surface area (Å²) in [6.45, 7) is 3.63. The molecule has 0 aliphatic carbocycles. The minimum absolute atomic E-state index is 0.108. The van der Waals surface area contributed by atoms with E-state index in [9.17, 15) is 14.7 Å². The fourth-order valence-electron chi connectivity index (χ4n) is 1.55. The van der Waals surface area contributed by atoms with Gasteiger partial charge >= 0.3 is 5.97 Å². The topological polar surface area (TPSA) is 83.8 Å². The number of aliphatic hydroxyl groups excluding tert-OH is 1. The van der Waals surface area contributed by atoms with Gasteiger partial charge in [0.2, 0.25) is 0 Å². The first kappa shape index (κ1) is 15.5. The highest BCUT2D eigenvalue weighted by Gasteiger charge is 2.22. The number of ketones is 1. The third-order valence-electron chi connectivity index (χ3n) is 2.48. The van der Waals surface area contributed by atoms with E-state index in [-0.39, 0.29) is 16.9 Å². The van der Waals surface area contributed by atoms with Gasteiger partial charge in [-0.15, -0.1) is 11.6 Å². The van der Waals surface area contributed by atoms with Gasteiger partial charge in [0.05, 0.1) is 17.5 Å². The van der Waals surface area contributed by atoms with Crippen molar-refractivity contribution in [2.24, 2.45) is 0 Å². The Kier molecular flexibility index (Phi) is 5.32. The van der Waals surface area contributed by atoms with Gasteiger partial charge in [0.1, 0.15) is 5.75 Å². The number of ether oxygens (including phenoxy) is 1. The molecular weight excluding hydrogens is 272 g/mol. The molecule has 2 unspecified atom stereocenters. The number of aliphatic hydroxyl groups is 1. The molecule has 2 atom stereocenters. The molecule has 0 saturated carbocycles. The summed E-state index contributed by atoms with van der Waals surface area (Å²) in [5.41, 5.74) is 0.277. The molecule has 0 spiro atoms. The Morgan fingerprint density at radius 1 is 1.42 bits per heavy atom. The lowest BCUT2D eigenvalue weighted by molar-refractivity contribution is -0.146. The van der Waals surface area contributed by atoms with Crippen molar-refractivity contribution in [1.29, 1.82) is 0 Å². The number of carbonyl (C=O) groups excluding carboxylic acids is 1. The minimum atomic E-state index is -1.69. The van der Waals surface area contributed by atoms with Gasteiger partial charge in [0.15, 0.2) is 11.9 Å². The molecule has 0 aliphatic heterocycles. The summed E-state index contributed by atoms with van der Waals surface area (Å²) in [6, 6.07) is 4.15. The molecule has 0 bridgehead atoms. The number of halogens is 1. The number of aliphatic carboxylic acids is 1. The lowest BCUT2D eigenvalue weighted by atomic mass is 10.0. The van der Waals surface area contributed by atoms with Crippen LogP contribution in [0, 0.1) is 0 Å². The molecule has 5 nitrogen and oxygen atoms in total. The van der Waals surface area contributed by atoms with E-state index in [0.29, 0.717) is 12.4 Å².